The third kappa shape index (κ3) is 7.32. The van der Waals surface area contributed by atoms with Crippen LogP contribution in [-0.2, 0) is 27.9 Å². The molecule has 0 radical (unpaired) electrons. The highest BCUT2D eigenvalue weighted by atomic mass is 32.2. The fraction of sp³-hybridized carbons (Fsp3) is 0.333. The molecular weight excluding hydrogens is 508 g/mol. The van der Waals surface area contributed by atoms with Crippen molar-refractivity contribution in [2.75, 3.05) is 33.3 Å². The number of ether oxygens (including phenoxy) is 1. The van der Waals surface area contributed by atoms with E-state index in [2.05, 4.69) is 27.3 Å². The molecule has 1 aliphatic rings. The normalized spacial score (nSPS) is 15.7. The van der Waals surface area contributed by atoms with Gasteiger partial charge in [0, 0.05) is 45.5 Å². The van der Waals surface area contributed by atoms with E-state index in [4.69, 9.17) is 4.74 Å². The van der Waals surface area contributed by atoms with Gasteiger partial charge in [0.05, 0.1) is 17.4 Å². The molecule has 0 spiro atoms. The Morgan fingerprint density at radius 3 is 2.32 bits per heavy atom. The van der Waals surface area contributed by atoms with Gasteiger partial charge in [-0.25, -0.2) is 13.4 Å². The van der Waals surface area contributed by atoms with E-state index < -0.39 is 10.0 Å². The van der Waals surface area contributed by atoms with Crippen molar-refractivity contribution in [2.45, 2.75) is 35.2 Å². The van der Waals surface area contributed by atoms with Crippen molar-refractivity contribution in [3.63, 3.8) is 0 Å². The number of thioether (sulfide) groups is 1. The van der Waals surface area contributed by atoms with Gasteiger partial charge in [-0.05, 0) is 42.3 Å². The van der Waals surface area contributed by atoms with E-state index in [0.717, 1.165) is 17.9 Å². The van der Waals surface area contributed by atoms with Gasteiger partial charge in [0.25, 0.3) is 0 Å². The maximum absolute atomic E-state index is 13.1. The molecular formula is C27H32N4O4S2. The Bertz CT molecular complexity index is 1260. The average molecular weight is 541 g/mol. The Morgan fingerprint density at radius 1 is 1.00 bits per heavy atom. The third-order valence-electron chi connectivity index (χ3n) is 6.22. The molecule has 2 heterocycles. The van der Waals surface area contributed by atoms with Gasteiger partial charge in [0.2, 0.25) is 15.9 Å². The van der Waals surface area contributed by atoms with Crippen molar-refractivity contribution in [2.24, 2.45) is 0 Å². The molecule has 8 nitrogen and oxygen atoms in total. The summed E-state index contributed by atoms with van der Waals surface area (Å²) in [6.07, 6.45) is 1.38. The lowest BCUT2D eigenvalue weighted by Crippen LogP contribution is -2.48. The number of pyridine rings is 1. The van der Waals surface area contributed by atoms with Crippen molar-refractivity contribution < 1.29 is 17.9 Å². The van der Waals surface area contributed by atoms with Gasteiger partial charge in [-0.15, -0.1) is 0 Å². The predicted molar refractivity (Wildman–Crippen MR) is 145 cm³/mol. The number of nitrogens with zero attached hydrogens (tertiary/aromatic N) is 3. The fourth-order valence-corrected chi connectivity index (χ4v) is 6.20. The minimum Gasteiger partial charge on any atom is -0.497 e. The average Bonchev–Trinajstić information content (AvgIpc) is 2.93. The van der Waals surface area contributed by atoms with Gasteiger partial charge in [0.15, 0.2) is 0 Å². The van der Waals surface area contributed by atoms with Crippen LogP contribution in [0.15, 0.2) is 82.8 Å². The Morgan fingerprint density at radius 2 is 1.70 bits per heavy atom. The van der Waals surface area contributed by atoms with Crippen LogP contribution in [0.2, 0.25) is 0 Å². The van der Waals surface area contributed by atoms with Crippen LogP contribution in [0, 0.1) is 0 Å². The summed E-state index contributed by atoms with van der Waals surface area (Å²) in [5.41, 5.74) is 2.19. The third-order valence-corrected chi connectivity index (χ3v) is 9.15. The van der Waals surface area contributed by atoms with Gasteiger partial charge in [-0.2, -0.15) is 4.31 Å². The summed E-state index contributed by atoms with van der Waals surface area (Å²) < 4.78 is 33.0. The largest absolute Gasteiger partial charge is 0.497 e. The van der Waals surface area contributed by atoms with Crippen molar-refractivity contribution in [3.8, 4) is 5.75 Å². The number of sulfonamides is 1. The zero-order chi connectivity index (χ0) is 26.3. The zero-order valence-electron chi connectivity index (χ0n) is 21.0. The molecule has 37 heavy (non-hydrogen) atoms. The van der Waals surface area contributed by atoms with Crippen LogP contribution in [0.5, 0.6) is 5.75 Å². The number of aromatic nitrogens is 1. The number of methoxy groups -OCH3 is 1. The second kappa shape index (κ2) is 12.6. The molecule has 1 amide bonds. The van der Waals surface area contributed by atoms with E-state index in [1.165, 1.54) is 27.8 Å². The van der Waals surface area contributed by atoms with Crippen LogP contribution < -0.4 is 10.1 Å². The lowest BCUT2D eigenvalue weighted by molar-refractivity contribution is -0.120. The summed E-state index contributed by atoms with van der Waals surface area (Å²) in [6.45, 7) is 5.27. The molecule has 1 saturated heterocycles. The predicted octanol–water partition coefficient (Wildman–Crippen LogP) is 3.39. The first kappa shape index (κ1) is 27.1. The lowest BCUT2D eigenvalue weighted by Gasteiger charge is -2.33. The topological polar surface area (TPSA) is 91.8 Å². The van der Waals surface area contributed by atoms with Crippen LogP contribution in [-0.4, -0.2) is 67.1 Å². The first-order valence-electron chi connectivity index (χ1n) is 12.1. The molecule has 2 aromatic carbocycles. The molecule has 0 saturated carbocycles. The minimum atomic E-state index is -3.62. The molecule has 4 rings (SSSR count). The number of hydrogen-bond acceptors (Lipinski definition) is 7. The maximum Gasteiger partial charge on any atom is 0.244 e. The number of amides is 1. The number of hydrogen-bond donors (Lipinski definition) is 1. The summed E-state index contributed by atoms with van der Waals surface area (Å²) >= 11 is 1.29. The number of benzene rings is 2. The van der Waals surface area contributed by atoms with E-state index in [9.17, 15) is 13.2 Å². The molecule has 0 bridgehead atoms. The van der Waals surface area contributed by atoms with E-state index in [-0.39, 0.29) is 16.1 Å². The molecule has 1 unspecified atom stereocenters. The highest BCUT2D eigenvalue weighted by Gasteiger charge is 2.29. The van der Waals surface area contributed by atoms with E-state index in [0.29, 0.717) is 37.7 Å². The van der Waals surface area contributed by atoms with Gasteiger partial charge in [-0.3, -0.25) is 9.69 Å². The van der Waals surface area contributed by atoms with Gasteiger partial charge >= 0.3 is 0 Å². The minimum absolute atomic E-state index is 0.118. The van der Waals surface area contributed by atoms with Crippen molar-refractivity contribution in [3.05, 3.63) is 84.1 Å². The van der Waals surface area contributed by atoms with Crippen LogP contribution >= 0.6 is 11.8 Å². The van der Waals surface area contributed by atoms with E-state index in [1.807, 2.05) is 42.5 Å². The monoisotopic (exact) mass is 540 g/mol. The summed E-state index contributed by atoms with van der Waals surface area (Å²) in [5.74, 6) is 0.647. The van der Waals surface area contributed by atoms with Gasteiger partial charge in [0.1, 0.15) is 10.6 Å². The van der Waals surface area contributed by atoms with Gasteiger partial charge in [-0.1, -0.05) is 54.2 Å². The number of carbonyl (C=O) groups is 1. The number of nitrogens with one attached hydrogen (secondary N) is 1. The van der Waals surface area contributed by atoms with Crippen molar-refractivity contribution >= 4 is 27.7 Å². The van der Waals surface area contributed by atoms with E-state index in [1.54, 1.807) is 26.2 Å². The smallest absolute Gasteiger partial charge is 0.244 e. The second-order valence-corrected chi connectivity index (χ2v) is 12.1. The van der Waals surface area contributed by atoms with Crippen molar-refractivity contribution in [1.29, 1.82) is 0 Å². The summed E-state index contributed by atoms with van der Waals surface area (Å²) in [7, 11) is -2.01. The van der Waals surface area contributed by atoms with Crippen LogP contribution in [0.4, 0.5) is 0 Å². The second-order valence-electron chi connectivity index (χ2n) is 8.82. The molecule has 1 fully saturated rings. The maximum atomic E-state index is 13.1. The Kier molecular flexibility index (Phi) is 9.20. The molecule has 1 N–H and O–H groups in total. The zero-order valence-corrected chi connectivity index (χ0v) is 22.7. The summed E-state index contributed by atoms with van der Waals surface area (Å²) in [6, 6.07) is 20.9. The standard InChI is InChI=1S/C27H32N4O4S2/c1-21(27(32)29-18-22-8-10-24(35-2)11-9-22)36-26-13-12-25(19-28-26)37(33,34)31-16-14-30(15-17-31)20-23-6-4-3-5-7-23/h3-13,19,21H,14-18,20H2,1-2H3,(H,29,32). The van der Waals surface area contributed by atoms with Crippen LogP contribution in [0.3, 0.4) is 0 Å². The number of rotatable bonds is 10. The first-order valence-corrected chi connectivity index (χ1v) is 14.5. The Balaban J connectivity index is 1.27. The highest BCUT2D eigenvalue weighted by Crippen LogP contribution is 2.24. The quantitative estimate of drug-likeness (QED) is 0.394. The number of carbonyl (C=O) groups excluding carboxylic acids is 1. The summed E-state index contributed by atoms with van der Waals surface area (Å²) in [5, 5.41) is 3.13. The molecule has 1 aliphatic heterocycles. The van der Waals surface area contributed by atoms with Gasteiger partial charge < -0.3 is 10.1 Å². The molecule has 196 valence electrons. The summed E-state index contributed by atoms with van der Waals surface area (Å²) in [4.78, 5) is 19.3. The molecule has 1 aromatic heterocycles. The van der Waals surface area contributed by atoms with Crippen LogP contribution in [0.1, 0.15) is 18.1 Å². The lowest BCUT2D eigenvalue weighted by atomic mass is 10.2. The van der Waals surface area contributed by atoms with E-state index >= 15 is 0 Å². The number of piperazine rings is 1. The Labute approximate surface area is 223 Å². The van der Waals surface area contributed by atoms with Crippen molar-refractivity contribution in [1.82, 2.24) is 19.5 Å². The molecule has 10 heteroatoms. The SMILES string of the molecule is COc1ccc(CNC(=O)C(C)Sc2ccc(S(=O)(=O)N3CCN(Cc4ccccc4)CC3)cn2)cc1. The fourth-order valence-electron chi connectivity index (χ4n) is 4.02. The first-order chi connectivity index (χ1) is 17.8. The molecule has 3 aromatic rings. The molecule has 0 aliphatic carbocycles. The Hall–Kier alpha value is -2.92. The van der Waals surface area contributed by atoms with Crippen LogP contribution in [0.25, 0.3) is 0 Å². The molecule has 1 atom stereocenters. The highest BCUT2D eigenvalue weighted by molar-refractivity contribution is 8.00.